The van der Waals surface area contributed by atoms with Crippen molar-refractivity contribution in [2.45, 2.75) is 39.0 Å². The van der Waals surface area contributed by atoms with Gasteiger partial charge in [-0.25, -0.2) is 5.43 Å². The van der Waals surface area contributed by atoms with Crippen LogP contribution in [0.4, 0.5) is 0 Å². The molecule has 1 fully saturated rings. The molecule has 0 radical (unpaired) electrons. The van der Waals surface area contributed by atoms with Crippen molar-refractivity contribution in [2.24, 2.45) is 11.0 Å². The Balaban J connectivity index is 1.70. The third-order valence-corrected chi connectivity index (χ3v) is 4.50. The van der Waals surface area contributed by atoms with Crippen LogP contribution < -0.4 is 5.43 Å². The first-order valence-electron chi connectivity index (χ1n) is 8.10. The fourth-order valence-electron chi connectivity index (χ4n) is 3.28. The van der Waals surface area contributed by atoms with Gasteiger partial charge in [-0.3, -0.25) is 4.79 Å². The molecule has 1 saturated carbocycles. The number of hydrogen-bond acceptors (Lipinski definition) is 2. The third-order valence-electron chi connectivity index (χ3n) is 4.50. The Morgan fingerprint density at radius 1 is 1.23 bits per heavy atom. The van der Waals surface area contributed by atoms with Crippen LogP contribution >= 0.6 is 0 Å². The molecule has 0 saturated heterocycles. The Hall–Kier alpha value is -2.16. The van der Waals surface area contributed by atoms with E-state index < -0.39 is 0 Å². The lowest BCUT2D eigenvalue weighted by molar-refractivity contribution is -0.120. The van der Waals surface area contributed by atoms with E-state index in [4.69, 9.17) is 0 Å². The summed E-state index contributed by atoms with van der Waals surface area (Å²) in [7, 11) is 0. The maximum absolute atomic E-state index is 12.2. The number of hydrogen-bond donors (Lipinski definition) is 1. The number of nitrogens with one attached hydrogen (secondary N) is 1. The third kappa shape index (κ3) is 3.19. The van der Waals surface area contributed by atoms with Crippen LogP contribution in [0.5, 0.6) is 0 Å². The fraction of sp³-hybridized carbons (Fsp3) is 0.368. The second kappa shape index (κ2) is 6.73. The first-order chi connectivity index (χ1) is 10.8. The largest absolute Gasteiger partial charge is 0.273 e. The molecule has 1 aliphatic carbocycles. The molecule has 1 aliphatic rings. The highest BCUT2D eigenvalue weighted by molar-refractivity contribution is 5.92. The van der Waals surface area contributed by atoms with Crippen LogP contribution in [-0.4, -0.2) is 11.6 Å². The highest BCUT2D eigenvalue weighted by atomic mass is 16.2. The number of nitrogens with zero attached hydrogens (tertiary/aromatic N) is 1. The Labute approximate surface area is 131 Å². The summed E-state index contributed by atoms with van der Waals surface area (Å²) in [6.45, 7) is 2.18. The van der Waals surface area contributed by atoms with Crippen LogP contribution in [0.2, 0.25) is 0 Å². The van der Waals surface area contributed by atoms with Crippen molar-refractivity contribution in [3.63, 3.8) is 0 Å². The molecule has 1 unspecified atom stereocenters. The van der Waals surface area contributed by atoms with Crippen molar-refractivity contribution in [2.75, 3.05) is 0 Å². The van der Waals surface area contributed by atoms with Gasteiger partial charge in [0.1, 0.15) is 0 Å². The molecule has 0 spiro atoms. The molecule has 1 amide bonds. The summed E-state index contributed by atoms with van der Waals surface area (Å²) in [5.41, 5.74) is 4.96. The number of hydrazone groups is 1. The van der Waals surface area contributed by atoms with Gasteiger partial charge in [-0.1, -0.05) is 49.4 Å². The maximum atomic E-state index is 12.2. The van der Waals surface area contributed by atoms with Gasteiger partial charge in [-0.2, -0.15) is 5.10 Å². The van der Waals surface area contributed by atoms with Crippen molar-refractivity contribution in [1.82, 2.24) is 5.43 Å². The van der Waals surface area contributed by atoms with Crippen molar-refractivity contribution < 1.29 is 4.79 Å². The van der Waals surface area contributed by atoms with Crippen molar-refractivity contribution in [3.8, 4) is 0 Å². The van der Waals surface area contributed by atoms with Crippen LogP contribution in [0, 0.1) is 5.92 Å². The SMILES string of the molecule is CCC1CCCC1=NNC(=O)Cc1cccc2ccccc12. The summed E-state index contributed by atoms with van der Waals surface area (Å²) in [5, 5.41) is 6.68. The van der Waals surface area contributed by atoms with Crippen LogP contribution in [-0.2, 0) is 11.2 Å². The second-order valence-electron chi connectivity index (χ2n) is 5.95. The Morgan fingerprint density at radius 2 is 2.05 bits per heavy atom. The van der Waals surface area contributed by atoms with E-state index in [2.05, 4.69) is 35.7 Å². The summed E-state index contributed by atoms with van der Waals surface area (Å²) in [6, 6.07) is 14.2. The molecule has 3 nitrogen and oxygen atoms in total. The molecule has 1 atom stereocenters. The Morgan fingerprint density at radius 3 is 2.91 bits per heavy atom. The summed E-state index contributed by atoms with van der Waals surface area (Å²) in [5.74, 6) is 0.517. The first kappa shape index (κ1) is 14.8. The second-order valence-corrected chi connectivity index (χ2v) is 5.95. The van der Waals surface area contributed by atoms with E-state index in [0.29, 0.717) is 12.3 Å². The van der Waals surface area contributed by atoms with E-state index in [1.165, 1.54) is 18.2 Å². The quantitative estimate of drug-likeness (QED) is 0.849. The summed E-state index contributed by atoms with van der Waals surface area (Å²) in [4.78, 5) is 12.2. The average molecular weight is 294 g/mol. The van der Waals surface area contributed by atoms with Gasteiger partial charge >= 0.3 is 0 Å². The lowest BCUT2D eigenvalue weighted by Gasteiger charge is -2.08. The Bertz CT molecular complexity index is 700. The van der Waals surface area contributed by atoms with E-state index in [1.807, 2.05) is 24.3 Å². The minimum atomic E-state index is -0.0365. The van der Waals surface area contributed by atoms with E-state index >= 15 is 0 Å². The minimum Gasteiger partial charge on any atom is -0.273 e. The highest BCUT2D eigenvalue weighted by Crippen LogP contribution is 2.25. The Kier molecular flexibility index (Phi) is 4.52. The van der Waals surface area contributed by atoms with Gasteiger partial charge in [-0.05, 0) is 47.9 Å². The zero-order valence-electron chi connectivity index (χ0n) is 13.0. The molecule has 3 heteroatoms. The van der Waals surface area contributed by atoms with Crippen molar-refractivity contribution in [3.05, 3.63) is 48.0 Å². The smallest absolute Gasteiger partial charge is 0.244 e. The number of fused-ring (bicyclic) bond motifs is 1. The van der Waals surface area contributed by atoms with Crippen LogP contribution in [0.25, 0.3) is 10.8 Å². The molecular weight excluding hydrogens is 272 g/mol. The van der Waals surface area contributed by atoms with Crippen molar-refractivity contribution >= 4 is 22.4 Å². The van der Waals surface area contributed by atoms with Gasteiger partial charge in [0.05, 0.1) is 6.42 Å². The van der Waals surface area contributed by atoms with Gasteiger partial charge in [0, 0.05) is 5.71 Å². The van der Waals surface area contributed by atoms with Gasteiger partial charge in [0.25, 0.3) is 0 Å². The summed E-state index contributed by atoms with van der Waals surface area (Å²) in [6.07, 6.45) is 4.89. The predicted molar refractivity (Wildman–Crippen MR) is 90.9 cm³/mol. The lowest BCUT2D eigenvalue weighted by atomic mass is 10.0. The van der Waals surface area contributed by atoms with Crippen LogP contribution in [0.3, 0.4) is 0 Å². The van der Waals surface area contributed by atoms with E-state index in [0.717, 1.165) is 29.5 Å². The zero-order chi connectivity index (χ0) is 15.4. The molecular formula is C19H22N2O. The number of carbonyl (C=O) groups excluding carboxylic acids is 1. The molecule has 0 heterocycles. The number of rotatable bonds is 4. The van der Waals surface area contributed by atoms with E-state index in [-0.39, 0.29) is 5.91 Å². The monoisotopic (exact) mass is 294 g/mol. The minimum absolute atomic E-state index is 0.0365. The molecule has 0 bridgehead atoms. The van der Waals surface area contributed by atoms with E-state index in [9.17, 15) is 4.79 Å². The highest BCUT2D eigenvalue weighted by Gasteiger charge is 2.20. The summed E-state index contributed by atoms with van der Waals surface area (Å²) >= 11 is 0. The fourth-order valence-corrected chi connectivity index (χ4v) is 3.28. The maximum Gasteiger partial charge on any atom is 0.244 e. The molecule has 2 aromatic rings. The zero-order valence-corrected chi connectivity index (χ0v) is 13.0. The standard InChI is InChI=1S/C19H22N2O/c1-2-14-8-6-12-18(14)20-21-19(22)13-16-10-5-9-15-7-3-4-11-17(15)16/h3-5,7,9-11,14H,2,6,8,12-13H2,1H3,(H,21,22). The first-order valence-corrected chi connectivity index (χ1v) is 8.10. The van der Waals surface area contributed by atoms with Crippen LogP contribution in [0.1, 0.15) is 38.2 Å². The van der Waals surface area contributed by atoms with Crippen LogP contribution in [0.15, 0.2) is 47.6 Å². The number of amides is 1. The molecule has 3 rings (SSSR count). The van der Waals surface area contributed by atoms with Gasteiger partial charge in [0.15, 0.2) is 0 Å². The average Bonchev–Trinajstić information content (AvgIpc) is 3.01. The van der Waals surface area contributed by atoms with Gasteiger partial charge < -0.3 is 0 Å². The molecule has 0 aromatic heterocycles. The van der Waals surface area contributed by atoms with Gasteiger partial charge in [-0.15, -0.1) is 0 Å². The molecule has 1 N–H and O–H groups in total. The molecule has 114 valence electrons. The van der Waals surface area contributed by atoms with E-state index in [1.54, 1.807) is 0 Å². The number of carbonyl (C=O) groups is 1. The molecule has 22 heavy (non-hydrogen) atoms. The molecule has 2 aromatic carbocycles. The lowest BCUT2D eigenvalue weighted by Crippen LogP contribution is -2.22. The van der Waals surface area contributed by atoms with Crippen molar-refractivity contribution in [1.29, 1.82) is 0 Å². The van der Waals surface area contributed by atoms with Gasteiger partial charge in [0.2, 0.25) is 5.91 Å². The topological polar surface area (TPSA) is 41.5 Å². The number of benzene rings is 2. The molecule has 0 aliphatic heterocycles. The summed E-state index contributed by atoms with van der Waals surface area (Å²) < 4.78 is 0. The predicted octanol–water partition coefficient (Wildman–Crippen LogP) is 4.06. The normalized spacial score (nSPS) is 19.7.